The van der Waals surface area contributed by atoms with Gasteiger partial charge in [-0.1, -0.05) is 0 Å². The van der Waals surface area contributed by atoms with E-state index in [4.69, 9.17) is 9.47 Å². The SMILES string of the molecule is CCOCCOc1ccc([N+](=O)[O-])cc1C. The summed E-state index contributed by atoms with van der Waals surface area (Å²) in [6.07, 6.45) is 0. The zero-order chi connectivity index (χ0) is 12.0. The Morgan fingerprint density at radius 1 is 1.38 bits per heavy atom. The Bertz CT molecular complexity index is 365. The fourth-order valence-corrected chi connectivity index (χ4v) is 1.26. The van der Waals surface area contributed by atoms with Gasteiger partial charge in [0.15, 0.2) is 0 Å². The van der Waals surface area contributed by atoms with Crippen LogP contribution in [-0.2, 0) is 4.74 Å². The number of hydrogen-bond acceptors (Lipinski definition) is 4. The summed E-state index contributed by atoms with van der Waals surface area (Å²) < 4.78 is 10.5. The zero-order valence-corrected chi connectivity index (χ0v) is 9.43. The predicted octanol–water partition coefficient (Wildman–Crippen LogP) is 2.32. The summed E-state index contributed by atoms with van der Waals surface area (Å²) in [5.74, 6) is 0.658. The number of rotatable bonds is 6. The third-order valence-electron chi connectivity index (χ3n) is 2.06. The van der Waals surface area contributed by atoms with E-state index >= 15 is 0 Å². The highest BCUT2D eigenvalue weighted by Gasteiger charge is 2.08. The van der Waals surface area contributed by atoms with Gasteiger partial charge in [0.1, 0.15) is 12.4 Å². The van der Waals surface area contributed by atoms with Crippen molar-refractivity contribution in [1.82, 2.24) is 0 Å². The molecule has 0 amide bonds. The van der Waals surface area contributed by atoms with Crippen LogP contribution in [0.1, 0.15) is 12.5 Å². The predicted molar refractivity (Wildman–Crippen MR) is 59.8 cm³/mol. The Kier molecular flexibility index (Phi) is 4.72. The summed E-state index contributed by atoms with van der Waals surface area (Å²) >= 11 is 0. The Labute approximate surface area is 94.1 Å². The highest BCUT2D eigenvalue weighted by atomic mass is 16.6. The molecular formula is C11H15NO4. The smallest absolute Gasteiger partial charge is 0.269 e. The summed E-state index contributed by atoms with van der Waals surface area (Å²) in [7, 11) is 0. The number of aryl methyl sites for hydroxylation is 1. The Morgan fingerprint density at radius 2 is 2.12 bits per heavy atom. The molecule has 1 aromatic carbocycles. The number of nitrogens with zero attached hydrogens (tertiary/aromatic N) is 1. The average Bonchev–Trinajstić information content (AvgIpc) is 2.26. The quantitative estimate of drug-likeness (QED) is 0.423. The van der Waals surface area contributed by atoms with Gasteiger partial charge in [0, 0.05) is 18.7 Å². The molecule has 0 aliphatic heterocycles. The maximum Gasteiger partial charge on any atom is 0.269 e. The summed E-state index contributed by atoms with van der Waals surface area (Å²) in [6.45, 7) is 5.32. The fourth-order valence-electron chi connectivity index (χ4n) is 1.26. The van der Waals surface area contributed by atoms with Crippen molar-refractivity contribution in [2.75, 3.05) is 19.8 Å². The number of benzene rings is 1. The van der Waals surface area contributed by atoms with Crippen LogP contribution in [0.3, 0.4) is 0 Å². The molecule has 1 aromatic rings. The van der Waals surface area contributed by atoms with Crippen LogP contribution in [0.2, 0.25) is 0 Å². The standard InChI is InChI=1S/C11H15NO4/c1-3-15-6-7-16-11-5-4-10(12(13)14)8-9(11)2/h4-5,8H,3,6-7H2,1-2H3. The third-order valence-corrected chi connectivity index (χ3v) is 2.06. The highest BCUT2D eigenvalue weighted by Crippen LogP contribution is 2.22. The van der Waals surface area contributed by atoms with E-state index in [-0.39, 0.29) is 5.69 Å². The molecule has 0 bridgehead atoms. The first-order chi connectivity index (χ1) is 7.65. The molecular weight excluding hydrogens is 210 g/mol. The summed E-state index contributed by atoms with van der Waals surface area (Å²) in [5.41, 5.74) is 0.834. The molecule has 0 aliphatic rings. The first kappa shape index (κ1) is 12.4. The van der Waals surface area contributed by atoms with E-state index in [9.17, 15) is 10.1 Å². The van der Waals surface area contributed by atoms with Gasteiger partial charge < -0.3 is 9.47 Å². The van der Waals surface area contributed by atoms with Gasteiger partial charge in [-0.05, 0) is 25.5 Å². The van der Waals surface area contributed by atoms with Gasteiger partial charge in [0.05, 0.1) is 11.5 Å². The van der Waals surface area contributed by atoms with Gasteiger partial charge in [0.2, 0.25) is 0 Å². The largest absolute Gasteiger partial charge is 0.491 e. The third kappa shape index (κ3) is 3.51. The van der Waals surface area contributed by atoms with Crippen LogP contribution in [0.25, 0.3) is 0 Å². The van der Waals surface area contributed by atoms with E-state index in [0.29, 0.717) is 25.6 Å². The first-order valence-electron chi connectivity index (χ1n) is 5.10. The van der Waals surface area contributed by atoms with Crippen molar-refractivity contribution in [2.24, 2.45) is 0 Å². The fraction of sp³-hybridized carbons (Fsp3) is 0.455. The number of hydrogen-bond donors (Lipinski definition) is 0. The second-order valence-electron chi connectivity index (χ2n) is 3.25. The first-order valence-corrected chi connectivity index (χ1v) is 5.10. The molecule has 0 radical (unpaired) electrons. The normalized spacial score (nSPS) is 10.1. The minimum atomic E-state index is -0.420. The Hall–Kier alpha value is -1.62. The number of ether oxygens (including phenoxy) is 2. The molecule has 0 spiro atoms. The van der Waals surface area contributed by atoms with Crippen molar-refractivity contribution in [2.45, 2.75) is 13.8 Å². The van der Waals surface area contributed by atoms with E-state index in [0.717, 1.165) is 5.56 Å². The highest BCUT2D eigenvalue weighted by molar-refractivity contribution is 5.42. The molecule has 0 fully saturated rings. The van der Waals surface area contributed by atoms with Crippen molar-refractivity contribution in [3.8, 4) is 5.75 Å². The van der Waals surface area contributed by atoms with E-state index < -0.39 is 4.92 Å². The molecule has 5 heteroatoms. The molecule has 0 unspecified atom stereocenters. The van der Waals surface area contributed by atoms with Crippen LogP contribution >= 0.6 is 0 Å². The lowest BCUT2D eigenvalue weighted by Gasteiger charge is -2.08. The van der Waals surface area contributed by atoms with Crippen LogP contribution in [-0.4, -0.2) is 24.7 Å². The van der Waals surface area contributed by atoms with Gasteiger partial charge >= 0.3 is 0 Å². The topological polar surface area (TPSA) is 61.6 Å². The van der Waals surface area contributed by atoms with Crippen molar-refractivity contribution in [1.29, 1.82) is 0 Å². The van der Waals surface area contributed by atoms with E-state index in [1.165, 1.54) is 12.1 Å². The van der Waals surface area contributed by atoms with Crippen molar-refractivity contribution in [3.63, 3.8) is 0 Å². The summed E-state index contributed by atoms with van der Waals surface area (Å²) in [4.78, 5) is 10.1. The van der Waals surface area contributed by atoms with Crippen LogP contribution in [0.15, 0.2) is 18.2 Å². The lowest BCUT2D eigenvalue weighted by atomic mass is 10.2. The molecule has 0 aliphatic carbocycles. The van der Waals surface area contributed by atoms with Gasteiger partial charge in [-0.15, -0.1) is 0 Å². The lowest BCUT2D eigenvalue weighted by molar-refractivity contribution is -0.384. The molecule has 1 rings (SSSR count). The summed E-state index contributed by atoms with van der Waals surface area (Å²) in [6, 6.07) is 4.54. The molecule has 0 atom stereocenters. The zero-order valence-electron chi connectivity index (χ0n) is 9.43. The Balaban J connectivity index is 2.57. The molecule has 88 valence electrons. The van der Waals surface area contributed by atoms with Crippen LogP contribution < -0.4 is 4.74 Å². The summed E-state index contributed by atoms with van der Waals surface area (Å²) in [5, 5.41) is 10.5. The molecule has 0 aromatic heterocycles. The number of non-ortho nitro benzene ring substituents is 1. The molecule has 16 heavy (non-hydrogen) atoms. The van der Waals surface area contributed by atoms with Gasteiger partial charge in [0.25, 0.3) is 5.69 Å². The Morgan fingerprint density at radius 3 is 2.69 bits per heavy atom. The second kappa shape index (κ2) is 6.07. The van der Waals surface area contributed by atoms with E-state index in [1.54, 1.807) is 13.0 Å². The number of nitro groups is 1. The average molecular weight is 225 g/mol. The van der Waals surface area contributed by atoms with E-state index in [1.807, 2.05) is 6.92 Å². The molecule has 0 heterocycles. The van der Waals surface area contributed by atoms with Crippen molar-refractivity contribution in [3.05, 3.63) is 33.9 Å². The maximum atomic E-state index is 10.5. The van der Waals surface area contributed by atoms with Gasteiger partial charge in [-0.3, -0.25) is 10.1 Å². The molecule has 0 saturated heterocycles. The van der Waals surface area contributed by atoms with Crippen LogP contribution in [0.4, 0.5) is 5.69 Å². The van der Waals surface area contributed by atoms with Gasteiger partial charge in [-0.25, -0.2) is 0 Å². The van der Waals surface area contributed by atoms with E-state index in [2.05, 4.69) is 0 Å². The maximum absolute atomic E-state index is 10.5. The minimum absolute atomic E-state index is 0.0784. The molecule has 5 nitrogen and oxygen atoms in total. The number of nitro benzene ring substituents is 1. The van der Waals surface area contributed by atoms with Crippen LogP contribution in [0, 0.1) is 17.0 Å². The van der Waals surface area contributed by atoms with Crippen LogP contribution in [0.5, 0.6) is 5.75 Å². The van der Waals surface area contributed by atoms with Crippen molar-refractivity contribution < 1.29 is 14.4 Å². The minimum Gasteiger partial charge on any atom is -0.491 e. The second-order valence-corrected chi connectivity index (χ2v) is 3.25. The lowest BCUT2D eigenvalue weighted by Crippen LogP contribution is -2.07. The molecule has 0 saturated carbocycles. The monoisotopic (exact) mass is 225 g/mol. The molecule has 0 N–H and O–H groups in total. The van der Waals surface area contributed by atoms with Gasteiger partial charge in [-0.2, -0.15) is 0 Å². The van der Waals surface area contributed by atoms with Crippen molar-refractivity contribution >= 4 is 5.69 Å².